The van der Waals surface area contributed by atoms with Crippen molar-refractivity contribution in [1.82, 2.24) is 9.97 Å². The first-order valence-electron chi connectivity index (χ1n) is 9.66. The molecule has 0 aliphatic carbocycles. The van der Waals surface area contributed by atoms with E-state index in [4.69, 9.17) is 0 Å². The summed E-state index contributed by atoms with van der Waals surface area (Å²) in [5.41, 5.74) is 4.27. The fourth-order valence-electron chi connectivity index (χ4n) is 3.18. The molecule has 4 heterocycles. The number of nitrogens with zero attached hydrogens (tertiary/aromatic N) is 2. The lowest BCUT2D eigenvalue weighted by molar-refractivity contribution is 1.16. The van der Waals surface area contributed by atoms with Crippen LogP contribution in [0.25, 0.3) is 11.4 Å². The van der Waals surface area contributed by atoms with Crippen LogP contribution in [0.4, 0.5) is 0 Å². The van der Waals surface area contributed by atoms with Crippen LogP contribution in [0.1, 0.15) is 44.5 Å². The normalized spacial score (nSPS) is 10.1. The van der Waals surface area contributed by atoms with E-state index in [0.29, 0.717) is 0 Å². The zero-order valence-corrected chi connectivity index (χ0v) is 18.5. The van der Waals surface area contributed by atoms with Crippen molar-refractivity contribution in [3.05, 3.63) is 91.6 Å². The number of pyridine rings is 2. The molecule has 0 N–H and O–H groups in total. The predicted octanol–water partition coefficient (Wildman–Crippen LogP) is 6.19. The van der Waals surface area contributed by atoms with Crippen LogP contribution in [-0.2, 0) is 12.8 Å². The highest BCUT2D eigenvalue weighted by Gasteiger charge is 2.07. The molecule has 4 aromatic rings. The van der Waals surface area contributed by atoms with Gasteiger partial charge in [0.05, 0.1) is 21.1 Å². The molecule has 0 saturated carbocycles. The van der Waals surface area contributed by atoms with Crippen molar-refractivity contribution in [2.45, 2.75) is 26.7 Å². The Balaban J connectivity index is 1.53. The Morgan fingerprint density at radius 2 is 1.13 bits per heavy atom. The van der Waals surface area contributed by atoms with E-state index in [0.717, 1.165) is 34.0 Å². The summed E-state index contributed by atoms with van der Waals surface area (Å²) in [5, 5.41) is 0. The summed E-state index contributed by atoms with van der Waals surface area (Å²) in [4.78, 5) is 14.0. The van der Waals surface area contributed by atoms with Gasteiger partial charge in [0, 0.05) is 35.0 Å². The second-order valence-electron chi connectivity index (χ2n) is 6.73. The Morgan fingerprint density at radius 3 is 1.57 bits per heavy atom. The van der Waals surface area contributed by atoms with Crippen LogP contribution >= 0.6 is 22.7 Å². The van der Waals surface area contributed by atoms with Gasteiger partial charge < -0.3 is 0 Å². The molecule has 4 heteroatoms. The van der Waals surface area contributed by atoms with Crippen molar-refractivity contribution in [2.24, 2.45) is 0 Å². The van der Waals surface area contributed by atoms with Gasteiger partial charge in [-0.1, -0.05) is 11.8 Å². The first kappa shape index (κ1) is 20.1. The fourth-order valence-corrected chi connectivity index (χ4v) is 5.07. The van der Waals surface area contributed by atoms with Gasteiger partial charge in [-0.25, -0.2) is 0 Å². The zero-order chi connectivity index (χ0) is 20.8. The lowest BCUT2D eigenvalue weighted by Crippen LogP contribution is -1.93. The maximum atomic E-state index is 4.57. The van der Waals surface area contributed by atoms with Crippen molar-refractivity contribution >= 4 is 22.7 Å². The van der Waals surface area contributed by atoms with Crippen LogP contribution in [0, 0.1) is 23.7 Å². The number of thiophene rings is 2. The van der Waals surface area contributed by atoms with Gasteiger partial charge in [-0.2, -0.15) is 0 Å². The van der Waals surface area contributed by atoms with Gasteiger partial charge in [0.25, 0.3) is 0 Å². The molecule has 0 aliphatic heterocycles. The van der Waals surface area contributed by atoms with E-state index >= 15 is 0 Å². The Labute approximate surface area is 185 Å². The summed E-state index contributed by atoms with van der Waals surface area (Å²) in [6.07, 6.45) is 5.49. The van der Waals surface area contributed by atoms with Gasteiger partial charge in [-0.05, 0) is 73.5 Å². The highest BCUT2D eigenvalue weighted by Crippen LogP contribution is 2.24. The van der Waals surface area contributed by atoms with Gasteiger partial charge in [0.15, 0.2) is 0 Å². The Morgan fingerprint density at radius 1 is 0.667 bits per heavy atom. The summed E-state index contributed by atoms with van der Waals surface area (Å²) >= 11 is 3.49. The van der Waals surface area contributed by atoms with E-state index in [9.17, 15) is 0 Å². The second kappa shape index (κ2) is 9.55. The summed E-state index contributed by atoms with van der Waals surface area (Å²) < 4.78 is 0. The summed E-state index contributed by atoms with van der Waals surface area (Å²) in [7, 11) is 0. The zero-order valence-electron chi connectivity index (χ0n) is 16.9. The Hall–Kier alpha value is -3.18. The van der Waals surface area contributed by atoms with Crippen molar-refractivity contribution in [3.63, 3.8) is 0 Å². The molecule has 0 spiro atoms. The highest BCUT2D eigenvalue weighted by atomic mass is 32.1. The van der Waals surface area contributed by atoms with Crippen molar-refractivity contribution in [3.8, 4) is 35.1 Å². The van der Waals surface area contributed by atoms with E-state index < -0.39 is 0 Å². The van der Waals surface area contributed by atoms with E-state index in [-0.39, 0.29) is 0 Å². The van der Waals surface area contributed by atoms with Crippen LogP contribution in [-0.4, -0.2) is 9.97 Å². The monoisotopic (exact) mass is 424 g/mol. The van der Waals surface area contributed by atoms with Gasteiger partial charge in [-0.3, -0.25) is 9.97 Å². The molecule has 0 aromatic carbocycles. The predicted molar refractivity (Wildman–Crippen MR) is 127 cm³/mol. The quantitative estimate of drug-likeness (QED) is 0.357. The smallest absolute Gasteiger partial charge is 0.0889 e. The van der Waals surface area contributed by atoms with Crippen molar-refractivity contribution in [1.29, 1.82) is 0 Å². The van der Waals surface area contributed by atoms with Crippen LogP contribution < -0.4 is 0 Å². The first-order chi connectivity index (χ1) is 14.7. The average molecular weight is 425 g/mol. The molecule has 0 unspecified atom stereocenters. The summed E-state index contributed by atoms with van der Waals surface area (Å²) in [6.45, 7) is 3.73. The van der Waals surface area contributed by atoms with Crippen LogP contribution in [0.3, 0.4) is 0 Å². The molecule has 0 radical (unpaired) electrons. The van der Waals surface area contributed by atoms with Crippen LogP contribution in [0.15, 0.2) is 60.9 Å². The minimum Gasteiger partial charge on any atom is -0.255 e. The molecule has 2 nitrogen and oxygen atoms in total. The third-order valence-electron chi connectivity index (χ3n) is 4.49. The van der Waals surface area contributed by atoms with Crippen molar-refractivity contribution in [2.75, 3.05) is 0 Å². The molecular formula is C26H20N2S2. The van der Waals surface area contributed by atoms with Gasteiger partial charge in [-0.15, -0.1) is 34.5 Å². The van der Waals surface area contributed by atoms with Gasteiger partial charge in [0.2, 0.25) is 0 Å². The van der Waals surface area contributed by atoms with Crippen molar-refractivity contribution < 1.29 is 0 Å². The molecule has 0 fully saturated rings. The number of hydrogen-bond acceptors (Lipinski definition) is 4. The van der Waals surface area contributed by atoms with E-state index in [1.54, 1.807) is 22.7 Å². The maximum Gasteiger partial charge on any atom is 0.0889 e. The van der Waals surface area contributed by atoms with Crippen LogP contribution in [0.5, 0.6) is 0 Å². The molecule has 0 saturated heterocycles. The third kappa shape index (κ3) is 5.05. The molecule has 4 aromatic heterocycles. The highest BCUT2D eigenvalue weighted by molar-refractivity contribution is 7.12. The standard InChI is InChI=1S/C26H20N2S2/c1-3-5-21-7-9-23(29-21)15-19-11-13-27-25(17-19)26-18-20(12-14-28-26)16-24-10-8-22(30-24)6-4-2/h7-14,17-18H,15-16H2,1-2H3. The lowest BCUT2D eigenvalue weighted by atomic mass is 10.1. The van der Waals surface area contributed by atoms with E-state index in [2.05, 4.69) is 82.2 Å². The molecule has 0 aliphatic rings. The number of hydrogen-bond donors (Lipinski definition) is 0. The lowest BCUT2D eigenvalue weighted by Gasteiger charge is -2.06. The van der Waals surface area contributed by atoms with E-state index in [1.165, 1.54) is 20.9 Å². The Bertz CT molecular complexity index is 1190. The van der Waals surface area contributed by atoms with Gasteiger partial charge in [0.1, 0.15) is 0 Å². The first-order valence-corrected chi connectivity index (χ1v) is 11.3. The minimum absolute atomic E-state index is 0.877. The minimum atomic E-state index is 0.877. The molecule has 146 valence electrons. The largest absolute Gasteiger partial charge is 0.255 e. The summed E-state index contributed by atoms with van der Waals surface area (Å²) in [5.74, 6) is 12.2. The molecule has 0 bridgehead atoms. The topological polar surface area (TPSA) is 25.8 Å². The van der Waals surface area contributed by atoms with Gasteiger partial charge >= 0.3 is 0 Å². The third-order valence-corrected chi connectivity index (χ3v) is 6.49. The molecule has 0 atom stereocenters. The molecule has 30 heavy (non-hydrogen) atoms. The van der Waals surface area contributed by atoms with Crippen LogP contribution in [0.2, 0.25) is 0 Å². The fraction of sp³-hybridized carbons (Fsp3) is 0.154. The van der Waals surface area contributed by atoms with E-state index in [1.807, 2.05) is 26.2 Å². The Kier molecular flexibility index (Phi) is 6.40. The molecular weight excluding hydrogens is 404 g/mol. The summed E-state index contributed by atoms with van der Waals surface area (Å²) in [6, 6.07) is 16.9. The SMILES string of the molecule is CC#Cc1ccc(Cc2ccnc(-c3cc(Cc4ccc(C#CC)s4)ccn3)c2)s1. The molecule has 4 rings (SSSR count). The number of aromatic nitrogens is 2. The average Bonchev–Trinajstić information content (AvgIpc) is 3.38. The molecule has 0 amide bonds. The maximum absolute atomic E-state index is 4.57. The number of rotatable bonds is 5. The second-order valence-corrected chi connectivity index (χ2v) is 9.07.